The molecule has 8 heteroatoms. The zero-order chi connectivity index (χ0) is 19.0. The van der Waals surface area contributed by atoms with Gasteiger partial charge in [-0.25, -0.2) is 4.68 Å². The van der Waals surface area contributed by atoms with Crippen LogP contribution in [0.3, 0.4) is 0 Å². The summed E-state index contributed by atoms with van der Waals surface area (Å²) < 4.78 is 15.4. The number of anilines is 1. The minimum Gasteiger partial charge on any atom is -0.448 e. The van der Waals surface area contributed by atoms with Gasteiger partial charge in [-0.3, -0.25) is 4.79 Å². The van der Waals surface area contributed by atoms with Crippen LogP contribution in [0.5, 0.6) is 0 Å². The largest absolute Gasteiger partial charge is 0.448 e. The molecule has 3 aromatic heterocycles. The molecule has 0 radical (unpaired) electrons. The van der Waals surface area contributed by atoms with Crippen molar-refractivity contribution in [3.63, 3.8) is 0 Å². The van der Waals surface area contributed by atoms with E-state index in [9.17, 15) is 4.79 Å². The van der Waals surface area contributed by atoms with Gasteiger partial charge in [-0.2, -0.15) is 5.10 Å². The van der Waals surface area contributed by atoms with Gasteiger partial charge in [0.1, 0.15) is 11.5 Å². The van der Waals surface area contributed by atoms with Gasteiger partial charge in [0.25, 0.3) is 5.91 Å². The van der Waals surface area contributed by atoms with Crippen molar-refractivity contribution in [2.45, 2.75) is 45.2 Å². The minimum atomic E-state index is -0.173. The Morgan fingerprint density at radius 2 is 2.15 bits per heavy atom. The molecule has 0 aliphatic heterocycles. The van der Waals surface area contributed by atoms with E-state index in [4.69, 9.17) is 9.15 Å². The van der Waals surface area contributed by atoms with Crippen LogP contribution >= 0.6 is 15.9 Å². The number of hydrogen-bond donors (Lipinski definition) is 1. The van der Waals surface area contributed by atoms with E-state index in [0.29, 0.717) is 35.1 Å². The second-order valence-electron chi connectivity index (χ2n) is 6.98. The van der Waals surface area contributed by atoms with Crippen molar-refractivity contribution in [2.24, 2.45) is 0 Å². The predicted molar refractivity (Wildman–Crippen MR) is 106 cm³/mol. The topological polar surface area (TPSA) is 74.2 Å². The van der Waals surface area contributed by atoms with Crippen molar-refractivity contribution in [1.29, 1.82) is 0 Å². The van der Waals surface area contributed by atoms with Crippen LogP contribution in [0.1, 0.15) is 47.9 Å². The number of fused-ring (bicyclic) bond motifs is 1. The molecule has 0 spiro atoms. The van der Waals surface area contributed by atoms with E-state index in [-0.39, 0.29) is 5.91 Å². The molecule has 7 nitrogen and oxygen atoms in total. The number of nitrogens with one attached hydrogen (secondary N) is 1. The lowest BCUT2D eigenvalue weighted by molar-refractivity contribution is 0.101. The number of hydrogen-bond acceptors (Lipinski definition) is 4. The predicted octanol–water partition coefficient (Wildman–Crippen LogP) is 4.52. The molecule has 1 aliphatic rings. The van der Waals surface area contributed by atoms with Crippen LogP contribution in [0.4, 0.5) is 5.82 Å². The quantitative estimate of drug-likeness (QED) is 0.618. The third-order valence-electron chi connectivity index (χ3n) is 5.08. The molecule has 144 valence electrons. The third-order valence-corrected chi connectivity index (χ3v) is 5.47. The summed E-state index contributed by atoms with van der Waals surface area (Å²) in [5.74, 6) is 0.578. The fraction of sp³-hybridized carbons (Fsp3) is 0.474. The smallest absolute Gasteiger partial charge is 0.273 e. The van der Waals surface area contributed by atoms with Crippen molar-refractivity contribution in [3.8, 4) is 0 Å². The standard InChI is InChI=1S/C19H23BrN4O3/c1-12-9-18(24(22-12)13-5-3-4-6-13)21-19(25)15-10-16-14(11-17(20)27-16)23(15)7-8-26-2/h9-11,13H,3-8H2,1-2H3,(H,21,25). The van der Waals surface area contributed by atoms with Crippen LogP contribution in [0.25, 0.3) is 11.1 Å². The molecule has 1 amide bonds. The van der Waals surface area contributed by atoms with E-state index in [1.807, 2.05) is 28.3 Å². The van der Waals surface area contributed by atoms with E-state index < -0.39 is 0 Å². The van der Waals surface area contributed by atoms with Crippen molar-refractivity contribution < 1.29 is 13.9 Å². The first-order chi connectivity index (χ1) is 13.1. The van der Waals surface area contributed by atoms with E-state index in [1.54, 1.807) is 13.2 Å². The van der Waals surface area contributed by atoms with Crippen LogP contribution in [0, 0.1) is 6.92 Å². The van der Waals surface area contributed by atoms with Gasteiger partial charge in [0.2, 0.25) is 0 Å². The van der Waals surface area contributed by atoms with Gasteiger partial charge >= 0.3 is 0 Å². The Balaban J connectivity index is 1.64. The first kappa shape index (κ1) is 18.3. The average Bonchev–Trinajstić information content (AvgIpc) is 3.37. The highest BCUT2D eigenvalue weighted by atomic mass is 79.9. The maximum Gasteiger partial charge on any atom is 0.273 e. The van der Waals surface area contributed by atoms with Crippen LogP contribution in [-0.4, -0.2) is 34.0 Å². The molecule has 0 bridgehead atoms. The van der Waals surface area contributed by atoms with Gasteiger partial charge in [0, 0.05) is 31.9 Å². The molecule has 0 saturated heterocycles. The summed E-state index contributed by atoms with van der Waals surface area (Å²) in [6.45, 7) is 3.02. The van der Waals surface area contributed by atoms with Crippen molar-refractivity contribution >= 4 is 38.8 Å². The Kier molecular flexibility index (Phi) is 5.10. The highest BCUT2D eigenvalue weighted by Gasteiger charge is 2.24. The number of carbonyl (C=O) groups excluding carboxylic acids is 1. The molecule has 0 atom stereocenters. The number of amides is 1. The summed E-state index contributed by atoms with van der Waals surface area (Å²) in [6, 6.07) is 5.93. The van der Waals surface area contributed by atoms with Crippen molar-refractivity contribution in [2.75, 3.05) is 19.0 Å². The van der Waals surface area contributed by atoms with Gasteiger partial charge in [-0.05, 0) is 35.7 Å². The number of ether oxygens (including phenoxy) is 1. The van der Waals surface area contributed by atoms with Gasteiger partial charge in [-0.15, -0.1) is 0 Å². The van der Waals surface area contributed by atoms with Gasteiger partial charge in [-0.1, -0.05) is 12.8 Å². The first-order valence-corrected chi connectivity index (χ1v) is 10.0. The fourth-order valence-electron chi connectivity index (χ4n) is 3.84. The Hall–Kier alpha value is -2.06. The summed E-state index contributed by atoms with van der Waals surface area (Å²) in [7, 11) is 1.65. The van der Waals surface area contributed by atoms with Crippen LogP contribution < -0.4 is 5.32 Å². The summed E-state index contributed by atoms with van der Waals surface area (Å²) in [5.41, 5.74) is 2.99. The van der Waals surface area contributed by atoms with Crippen molar-refractivity contribution in [3.05, 3.63) is 34.3 Å². The summed E-state index contributed by atoms with van der Waals surface area (Å²) in [5, 5.41) is 7.66. The molecule has 3 aromatic rings. The Bertz CT molecular complexity index is 965. The van der Waals surface area contributed by atoms with E-state index in [1.165, 1.54) is 12.8 Å². The zero-order valence-corrected chi connectivity index (χ0v) is 17.1. The summed E-state index contributed by atoms with van der Waals surface area (Å²) in [6.07, 6.45) is 4.63. The van der Waals surface area contributed by atoms with Gasteiger partial charge < -0.3 is 19.0 Å². The van der Waals surface area contributed by atoms with E-state index in [0.717, 1.165) is 29.9 Å². The van der Waals surface area contributed by atoms with Crippen LogP contribution in [0.15, 0.2) is 27.3 Å². The van der Waals surface area contributed by atoms with Crippen LogP contribution in [0.2, 0.25) is 0 Å². The average molecular weight is 435 g/mol. The minimum absolute atomic E-state index is 0.173. The number of halogens is 1. The number of rotatable bonds is 6. The lowest BCUT2D eigenvalue weighted by Crippen LogP contribution is -2.21. The van der Waals surface area contributed by atoms with Gasteiger partial charge in [0.05, 0.1) is 23.9 Å². The molecule has 27 heavy (non-hydrogen) atoms. The SMILES string of the molecule is COCCn1c(C(=O)Nc2cc(C)nn2C2CCCC2)cc2oc(Br)cc21. The summed E-state index contributed by atoms with van der Waals surface area (Å²) >= 11 is 3.35. The monoisotopic (exact) mass is 434 g/mol. The van der Waals surface area contributed by atoms with Gasteiger partial charge in [0.15, 0.2) is 10.3 Å². The number of furan rings is 1. The number of methoxy groups -OCH3 is 1. The highest BCUT2D eigenvalue weighted by Crippen LogP contribution is 2.32. The Morgan fingerprint density at radius 3 is 2.89 bits per heavy atom. The maximum atomic E-state index is 13.1. The molecular formula is C19H23BrN4O3. The molecule has 3 heterocycles. The molecule has 4 rings (SSSR count). The second-order valence-corrected chi connectivity index (χ2v) is 7.76. The molecule has 1 aliphatic carbocycles. The van der Waals surface area contributed by atoms with E-state index >= 15 is 0 Å². The molecule has 0 unspecified atom stereocenters. The third kappa shape index (κ3) is 3.55. The van der Waals surface area contributed by atoms with Crippen molar-refractivity contribution in [1.82, 2.24) is 14.3 Å². The maximum absolute atomic E-state index is 13.1. The molecule has 1 N–H and O–H groups in total. The first-order valence-electron chi connectivity index (χ1n) is 9.22. The van der Waals surface area contributed by atoms with Crippen LogP contribution in [-0.2, 0) is 11.3 Å². The Morgan fingerprint density at radius 1 is 1.37 bits per heavy atom. The number of aromatic nitrogens is 3. The number of carbonyl (C=O) groups is 1. The molecule has 1 fully saturated rings. The lowest BCUT2D eigenvalue weighted by atomic mass is 10.2. The number of aryl methyl sites for hydroxylation is 1. The normalized spacial score (nSPS) is 15.1. The second kappa shape index (κ2) is 7.52. The molecule has 1 saturated carbocycles. The Labute approximate surface area is 165 Å². The fourth-order valence-corrected chi connectivity index (χ4v) is 4.23. The lowest BCUT2D eigenvalue weighted by Gasteiger charge is -2.15. The highest BCUT2D eigenvalue weighted by molar-refractivity contribution is 9.10. The number of nitrogens with zero attached hydrogens (tertiary/aromatic N) is 3. The molecule has 0 aromatic carbocycles. The summed E-state index contributed by atoms with van der Waals surface area (Å²) in [4.78, 5) is 13.1. The zero-order valence-electron chi connectivity index (χ0n) is 15.5. The molecular weight excluding hydrogens is 412 g/mol. The van der Waals surface area contributed by atoms with E-state index in [2.05, 4.69) is 26.3 Å².